The van der Waals surface area contributed by atoms with Crippen LogP contribution in [-0.4, -0.2) is 52.0 Å². The fraction of sp³-hybridized carbons (Fsp3) is 0.263. The summed E-state index contributed by atoms with van der Waals surface area (Å²) in [6.45, 7) is 2.23. The highest BCUT2D eigenvalue weighted by Gasteiger charge is 2.22. The molecular formula is C19H18FN5O2. The van der Waals surface area contributed by atoms with Crippen LogP contribution >= 0.6 is 0 Å². The van der Waals surface area contributed by atoms with Crippen molar-refractivity contribution in [2.45, 2.75) is 6.54 Å². The molecule has 0 radical (unpaired) electrons. The van der Waals surface area contributed by atoms with Gasteiger partial charge in [0, 0.05) is 31.9 Å². The van der Waals surface area contributed by atoms with Crippen molar-refractivity contribution >= 4 is 22.5 Å². The quantitative estimate of drug-likeness (QED) is 0.697. The third-order valence-corrected chi connectivity index (χ3v) is 4.74. The van der Waals surface area contributed by atoms with Gasteiger partial charge >= 0.3 is 0 Å². The fourth-order valence-corrected chi connectivity index (χ4v) is 3.22. The summed E-state index contributed by atoms with van der Waals surface area (Å²) in [5.41, 5.74) is 1.12. The van der Waals surface area contributed by atoms with Crippen molar-refractivity contribution < 1.29 is 9.18 Å². The number of halogens is 1. The van der Waals surface area contributed by atoms with E-state index in [9.17, 15) is 14.0 Å². The third kappa shape index (κ3) is 3.51. The molecule has 1 saturated heterocycles. The van der Waals surface area contributed by atoms with Gasteiger partial charge in [-0.3, -0.25) is 9.59 Å². The summed E-state index contributed by atoms with van der Waals surface area (Å²) in [7, 11) is 0. The summed E-state index contributed by atoms with van der Waals surface area (Å²) in [5.74, 6) is -0.435. The molecule has 0 aliphatic carbocycles. The van der Waals surface area contributed by atoms with E-state index in [0.29, 0.717) is 37.1 Å². The number of aromatic nitrogens is 3. The highest BCUT2D eigenvalue weighted by molar-refractivity contribution is 5.78. The zero-order chi connectivity index (χ0) is 18.8. The van der Waals surface area contributed by atoms with Crippen molar-refractivity contribution in [3.8, 4) is 0 Å². The van der Waals surface area contributed by atoms with E-state index in [2.05, 4.69) is 15.2 Å². The Morgan fingerprint density at radius 3 is 2.44 bits per heavy atom. The second-order valence-electron chi connectivity index (χ2n) is 6.41. The number of fused-ring (bicyclic) bond motifs is 1. The Bertz CT molecular complexity index is 1030. The molecule has 138 valence electrons. The first kappa shape index (κ1) is 17.1. The lowest BCUT2D eigenvalue weighted by molar-refractivity contribution is -0.132. The maximum absolute atomic E-state index is 13.0. The summed E-state index contributed by atoms with van der Waals surface area (Å²) in [6, 6.07) is 13.3. The van der Waals surface area contributed by atoms with Gasteiger partial charge in [-0.2, -0.15) is 0 Å². The number of anilines is 1. The molecule has 1 amide bonds. The summed E-state index contributed by atoms with van der Waals surface area (Å²) >= 11 is 0. The topological polar surface area (TPSA) is 71.3 Å². The van der Waals surface area contributed by atoms with Crippen molar-refractivity contribution in [3.63, 3.8) is 0 Å². The van der Waals surface area contributed by atoms with E-state index in [1.165, 1.54) is 12.1 Å². The lowest BCUT2D eigenvalue weighted by Crippen LogP contribution is -2.50. The molecule has 0 bridgehead atoms. The molecule has 1 aliphatic heterocycles. The molecule has 7 nitrogen and oxygen atoms in total. The van der Waals surface area contributed by atoms with Gasteiger partial charge in [0.25, 0.3) is 5.56 Å². The zero-order valence-corrected chi connectivity index (χ0v) is 14.6. The van der Waals surface area contributed by atoms with Crippen molar-refractivity contribution in [3.05, 3.63) is 64.7 Å². The predicted molar refractivity (Wildman–Crippen MR) is 99.0 cm³/mol. The number of carbonyl (C=O) groups is 1. The van der Waals surface area contributed by atoms with Crippen LogP contribution in [0.5, 0.6) is 0 Å². The molecule has 0 spiro atoms. The van der Waals surface area contributed by atoms with Crippen LogP contribution in [0.1, 0.15) is 0 Å². The first-order chi connectivity index (χ1) is 13.1. The van der Waals surface area contributed by atoms with E-state index in [0.717, 1.165) is 10.4 Å². The zero-order valence-electron chi connectivity index (χ0n) is 14.6. The Morgan fingerprint density at radius 2 is 1.70 bits per heavy atom. The van der Waals surface area contributed by atoms with Crippen LogP contribution in [0.15, 0.2) is 53.3 Å². The Kier molecular flexibility index (Phi) is 4.53. The SMILES string of the molecule is O=C(Cn1nnc2ccccc2c1=O)N1CCN(c2ccc(F)cc2)CC1. The summed E-state index contributed by atoms with van der Waals surface area (Å²) < 4.78 is 14.2. The van der Waals surface area contributed by atoms with Crippen LogP contribution in [0.3, 0.4) is 0 Å². The largest absolute Gasteiger partial charge is 0.368 e. The number of amides is 1. The van der Waals surface area contributed by atoms with E-state index in [1.54, 1.807) is 41.3 Å². The van der Waals surface area contributed by atoms with E-state index in [-0.39, 0.29) is 23.8 Å². The average Bonchev–Trinajstić information content (AvgIpc) is 2.71. The number of rotatable bonds is 3. The van der Waals surface area contributed by atoms with Crippen molar-refractivity contribution in [2.24, 2.45) is 0 Å². The molecule has 27 heavy (non-hydrogen) atoms. The standard InChI is InChI=1S/C19H18FN5O2/c20-14-5-7-15(8-6-14)23-9-11-24(12-10-23)18(26)13-25-19(27)16-3-1-2-4-17(16)21-22-25/h1-8H,9-13H2. The van der Waals surface area contributed by atoms with E-state index >= 15 is 0 Å². The number of benzene rings is 2. The van der Waals surface area contributed by atoms with Gasteiger partial charge in [-0.15, -0.1) is 5.10 Å². The normalized spacial score (nSPS) is 14.6. The van der Waals surface area contributed by atoms with Crippen molar-refractivity contribution in [1.82, 2.24) is 19.9 Å². The maximum atomic E-state index is 13.0. The summed E-state index contributed by atoms with van der Waals surface area (Å²) in [5, 5.41) is 8.32. The number of hydrogen-bond donors (Lipinski definition) is 0. The number of nitrogens with zero attached hydrogens (tertiary/aromatic N) is 5. The highest BCUT2D eigenvalue weighted by Crippen LogP contribution is 2.17. The molecule has 0 N–H and O–H groups in total. The number of piperazine rings is 1. The molecule has 1 aromatic heterocycles. The minimum absolute atomic E-state index is 0.132. The molecule has 0 atom stereocenters. The molecule has 8 heteroatoms. The molecule has 0 unspecified atom stereocenters. The minimum atomic E-state index is -0.320. The second-order valence-corrected chi connectivity index (χ2v) is 6.41. The van der Waals surface area contributed by atoms with Crippen LogP contribution < -0.4 is 10.5 Å². The number of hydrogen-bond acceptors (Lipinski definition) is 5. The molecule has 2 aromatic carbocycles. The van der Waals surface area contributed by atoms with Crippen molar-refractivity contribution in [2.75, 3.05) is 31.1 Å². The van der Waals surface area contributed by atoms with Gasteiger partial charge in [0.15, 0.2) is 0 Å². The summed E-state index contributed by atoms with van der Waals surface area (Å²) in [6.07, 6.45) is 0. The van der Waals surface area contributed by atoms with E-state index < -0.39 is 0 Å². The smallest absolute Gasteiger partial charge is 0.278 e. The van der Waals surface area contributed by atoms with Gasteiger partial charge in [0.1, 0.15) is 17.9 Å². The fourth-order valence-electron chi connectivity index (χ4n) is 3.22. The van der Waals surface area contributed by atoms with Gasteiger partial charge in [-0.25, -0.2) is 9.07 Å². The molecule has 2 heterocycles. The van der Waals surface area contributed by atoms with Gasteiger partial charge in [0.05, 0.1) is 5.39 Å². The van der Waals surface area contributed by atoms with Crippen LogP contribution in [0.4, 0.5) is 10.1 Å². The minimum Gasteiger partial charge on any atom is -0.368 e. The second kappa shape index (κ2) is 7.14. The van der Waals surface area contributed by atoms with Gasteiger partial charge in [0.2, 0.25) is 5.91 Å². The Balaban J connectivity index is 1.42. The number of carbonyl (C=O) groups excluding carboxylic acids is 1. The van der Waals surface area contributed by atoms with Gasteiger partial charge in [-0.05, 0) is 36.4 Å². The average molecular weight is 367 g/mol. The Hall–Kier alpha value is -3.29. The predicted octanol–water partition coefficient (Wildman–Crippen LogP) is 1.28. The first-order valence-corrected chi connectivity index (χ1v) is 8.73. The lowest BCUT2D eigenvalue weighted by atomic mass is 10.2. The van der Waals surface area contributed by atoms with Crippen LogP contribution in [0.2, 0.25) is 0 Å². The molecule has 0 saturated carbocycles. The van der Waals surface area contributed by atoms with Gasteiger partial charge < -0.3 is 9.80 Å². The monoisotopic (exact) mass is 367 g/mol. The third-order valence-electron chi connectivity index (χ3n) is 4.74. The first-order valence-electron chi connectivity index (χ1n) is 8.73. The molecule has 4 rings (SSSR count). The Morgan fingerprint density at radius 1 is 1.00 bits per heavy atom. The molecule has 1 fully saturated rings. The lowest BCUT2D eigenvalue weighted by Gasteiger charge is -2.36. The molecule has 3 aromatic rings. The maximum Gasteiger partial charge on any atom is 0.278 e. The summed E-state index contributed by atoms with van der Waals surface area (Å²) in [4.78, 5) is 28.9. The van der Waals surface area contributed by atoms with Gasteiger partial charge in [-0.1, -0.05) is 17.3 Å². The van der Waals surface area contributed by atoms with Crippen LogP contribution in [0, 0.1) is 5.82 Å². The molecular weight excluding hydrogens is 349 g/mol. The van der Waals surface area contributed by atoms with E-state index in [1.807, 2.05) is 0 Å². The Labute approximate surface area is 154 Å². The molecule has 1 aliphatic rings. The van der Waals surface area contributed by atoms with Crippen molar-refractivity contribution in [1.29, 1.82) is 0 Å². The highest BCUT2D eigenvalue weighted by atomic mass is 19.1. The van der Waals surface area contributed by atoms with Crippen LogP contribution in [-0.2, 0) is 11.3 Å². The van der Waals surface area contributed by atoms with Crippen LogP contribution in [0.25, 0.3) is 10.9 Å². The van der Waals surface area contributed by atoms with E-state index in [4.69, 9.17) is 0 Å².